The van der Waals surface area contributed by atoms with E-state index < -0.39 is 0 Å². The summed E-state index contributed by atoms with van der Waals surface area (Å²) in [5, 5.41) is 3.18. The molecule has 0 aliphatic carbocycles. The van der Waals surface area contributed by atoms with E-state index in [1.165, 1.54) is 11.1 Å². The predicted octanol–water partition coefficient (Wildman–Crippen LogP) is 4.98. The molecule has 1 saturated heterocycles. The molecule has 2 aromatic carbocycles. The van der Waals surface area contributed by atoms with Gasteiger partial charge in [-0.05, 0) is 51.3 Å². The van der Waals surface area contributed by atoms with Crippen LogP contribution >= 0.6 is 0 Å². The zero-order valence-corrected chi connectivity index (χ0v) is 18.9. The number of aromatic nitrogens is 2. The number of piperidine rings is 1. The number of nitrogens with zero attached hydrogens (tertiary/aromatic N) is 3. The molecule has 6 nitrogen and oxygen atoms in total. The van der Waals surface area contributed by atoms with Crippen LogP contribution in [0, 0.1) is 19.8 Å². The number of hydrogen-bond acceptors (Lipinski definition) is 5. The number of ether oxygens (including phenoxy) is 1. The Morgan fingerprint density at radius 3 is 2.41 bits per heavy atom. The van der Waals surface area contributed by atoms with Gasteiger partial charge in [0, 0.05) is 25.5 Å². The fourth-order valence-corrected chi connectivity index (χ4v) is 3.98. The summed E-state index contributed by atoms with van der Waals surface area (Å²) in [6.45, 7) is 7.54. The molecule has 0 spiro atoms. The van der Waals surface area contributed by atoms with Crippen LogP contribution in [-0.2, 0) is 4.79 Å². The SMILES string of the molecule is Cc1ccc(Oc2nccnc2N2CCC[C@H](C(=O)N[C@@H](C)c3ccc(C)cc3)C2)cc1. The lowest BCUT2D eigenvalue weighted by atomic mass is 9.96. The number of benzene rings is 2. The Balaban J connectivity index is 1.44. The van der Waals surface area contributed by atoms with Gasteiger partial charge in [-0.1, -0.05) is 47.5 Å². The molecule has 2 heterocycles. The van der Waals surface area contributed by atoms with Crippen LogP contribution in [0.15, 0.2) is 60.9 Å². The van der Waals surface area contributed by atoms with Crippen LogP contribution in [0.5, 0.6) is 11.6 Å². The van der Waals surface area contributed by atoms with Crippen LogP contribution in [0.2, 0.25) is 0 Å². The summed E-state index contributed by atoms with van der Waals surface area (Å²) in [4.78, 5) is 24.1. The number of hydrogen-bond donors (Lipinski definition) is 1. The quantitative estimate of drug-likeness (QED) is 0.597. The Hall–Kier alpha value is -3.41. The molecular weight excluding hydrogens is 400 g/mol. The summed E-state index contributed by atoms with van der Waals surface area (Å²) in [7, 11) is 0. The molecule has 1 amide bonds. The molecular formula is C26H30N4O2. The van der Waals surface area contributed by atoms with E-state index in [-0.39, 0.29) is 17.9 Å². The van der Waals surface area contributed by atoms with Crippen molar-refractivity contribution in [2.24, 2.45) is 5.92 Å². The molecule has 1 aliphatic heterocycles. The molecule has 32 heavy (non-hydrogen) atoms. The van der Waals surface area contributed by atoms with Crippen LogP contribution in [0.25, 0.3) is 0 Å². The lowest BCUT2D eigenvalue weighted by Crippen LogP contribution is -2.44. The zero-order chi connectivity index (χ0) is 22.5. The average molecular weight is 431 g/mol. The van der Waals surface area contributed by atoms with E-state index in [0.717, 1.165) is 30.7 Å². The van der Waals surface area contributed by atoms with Crippen molar-refractivity contribution < 1.29 is 9.53 Å². The molecule has 0 bridgehead atoms. The molecule has 1 fully saturated rings. The van der Waals surface area contributed by atoms with Crippen LogP contribution in [0.3, 0.4) is 0 Å². The molecule has 1 aromatic heterocycles. The standard InChI is InChI=1S/C26H30N4O2/c1-18-6-10-21(11-7-18)20(3)29-25(31)22-5-4-16-30(17-22)24-26(28-15-14-27-24)32-23-12-8-19(2)9-13-23/h6-15,20,22H,4-5,16-17H2,1-3H3,(H,29,31)/t20-,22-/m0/s1. The predicted molar refractivity (Wildman–Crippen MR) is 126 cm³/mol. The van der Waals surface area contributed by atoms with Gasteiger partial charge in [0.05, 0.1) is 12.0 Å². The Bertz CT molecular complexity index is 1050. The van der Waals surface area contributed by atoms with E-state index in [2.05, 4.69) is 51.4 Å². The van der Waals surface area contributed by atoms with Crippen molar-refractivity contribution in [3.63, 3.8) is 0 Å². The summed E-state index contributed by atoms with van der Waals surface area (Å²) in [5.41, 5.74) is 3.49. The highest BCUT2D eigenvalue weighted by molar-refractivity contribution is 5.80. The van der Waals surface area contributed by atoms with Crippen LogP contribution in [-0.4, -0.2) is 29.0 Å². The number of carbonyl (C=O) groups excluding carboxylic acids is 1. The first-order valence-corrected chi connectivity index (χ1v) is 11.2. The maximum atomic E-state index is 13.0. The normalized spacial score (nSPS) is 17.0. The van der Waals surface area contributed by atoms with Gasteiger partial charge >= 0.3 is 0 Å². The van der Waals surface area contributed by atoms with E-state index in [9.17, 15) is 4.79 Å². The molecule has 4 rings (SSSR count). The second-order valence-corrected chi connectivity index (χ2v) is 8.53. The number of nitrogens with one attached hydrogen (secondary N) is 1. The van der Waals surface area contributed by atoms with Crippen LogP contribution < -0.4 is 15.0 Å². The highest BCUT2D eigenvalue weighted by Gasteiger charge is 2.29. The highest BCUT2D eigenvalue weighted by Crippen LogP contribution is 2.31. The lowest BCUT2D eigenvalue weighted by Gasteiger charge is -2.33. The lowest BCUT2D eigenvalue weighted by molar-refractivity contribution is -0.125. The third kappa shape index (κ3) is 5.25. The van der Waals surface area contributed by atoms with Gasteiger partial charge in [0.15, 0.2) is 5.82 Å². The fourth-order valence-electron chi connectivity index (χ4n) is 3.98. The molecule has 2 atom stereocenters. The fraction of sp³-hybridized carbons (Fsp3) is 0.346. The van der Waals surface area contributed by atoms with Crippen molar-refractivity contribution in [2.75, 3.05) is 18.0 Å². The Kier molecular flexibility index (Phi) is 6.69. The van der Waals surface area contributed by atoms with E-state index in [1.807, 2.05) is 38.1 Å². The second kappa shape index (κ2) is 9.81. The van der Waals surface area contributed by atoms with Gasteiger partial charge in [0.25, 0.3) is 5.88 Å². The first-order valence-electron chi connectivity index (χ1n) is 11.2. The van der Waals surface area contributed by atoms with Gasteiger partial charge < -0.3 is 15.0 Å². The molecule has 1 aliphatic rings. The van der Waals surface area contributed by atoms with Gasteiger partial charge in [-0.15, -0.1) is 0 Å². The van der Waals surface area contributed by atoms with E-state index in [4.69, 9.17) is 4.74 Å². The highest BCUT2D eigenvalue weighted by atomic mass is 16.5. The Morgan fingerprint density at radius 2 is 1.69 bits per heavy atom. The molecule has 0 radical (unpaired) electrons. The number of anilines is 1. The maximum absolute atomic E-state index is 13.0. The molecule has 0 unspecified atom stereocenters. The number of aryl methyl sites for hydroxylation is 2. The van der Waals surface area contributed by atoms with Crippen molar-refractivity contribution in [1.29, 1.82) is 0 Å². The average Bonchev–Trinajstić information content (AvgIpc) is 2.81. The summed E-state index contributed by atoms with van der Waals surface area (Å²) >= 11 is 0. The van der Waals surface area contributed by atoms with E-state index >= 15 is 0 Å². The van der Waals surface area contributed by atoms with Crippen molar-refractivity contribution >= 4 is 11.7 Å². The molecule has 1 N–H and O–H groups in total. The second-order valence-electron chi connectivity index (χ2n) is 8.53. The summed E-state index contributed by atoms with van der Waals surface area (Å²) in [6.07, 6.45) is 5.07. The zero-order valence-electron chi connectivity index (χ0n) is 18.9. The van der Waals surface area contributed by atoms with Crippen LogP contribution in [0.1, 0.15) is 42.5 Å². The topological polar surface area (TPSA) is 67.4 Å². The monoisotopic (exact) mass is 430 g/mol. The Labute approximate surface area is 189 Å². The Morgan fingerprint density at radius 1 is 1.03 bits per heavy atom. The van der Waals surface area contributed by atoms with E-state index in [0.29, 0.717) is 18.2 Å². The van der Waals surface area contributed by atoms with Crippen molar-refractivity contribution in [3.8, 4) is 11.6 Å². The molecule has 6 heteroatoms. The maximum Gasteiger partial charge on any atom is 0.263 e. The number of amides is 1. The number of rotatable bonds is 6. The van der Waals surface area contributed by atoms with Gasteiger partial charge in [-0.3, -0.25) is 4.79 Å². The summed E-state index contributed by atoms with van der Waals surface area (Å²) in [6, 6.07) is 16.1. The molecule has 166 valence electrons. The minimum absolute atomic E-state index is 0.0320. The van der Waals surface area contributed by atoms with Crippen molar-refractivity contribution in [3.05, 3.63) is 77.6 Å². The van der Waals surface area contributed by atoms with E-state index in [1.54, 1.807) is 12.4 Å². The smallest absolute Gasteiger partial charge is 0.263 e. The minimum Gasteiger partial charge on any atom is -0.436 e. The third-order valence-electron chi connectivity index (χ3n) is 5.91. The largest absolute Gasteiger partial charge is 0.436 e. The summed E-state index contributed by atoms with van der Waals surface area (Å²) < 4.78 is 6.03. The van der Waals surface area contributed by atoms with Crippen molar-refractivity contribution in [1.82, 2.24) is 15.3 Å². The molecule has 0 saturated carbocycles. The van der Waals surface area contributed by atoms with Crippen LogP contribution in [0.4, 0.5) is 5.82 Å². The van der Waals surface area contributed by atoms with Crippen molar-refractivity contribution in [2.45, 2.75) is 39.7 Å². The third-order valence-corrected chi connectivity index (χ3v) is 5.91. The minimum atomic E-state index is -0.106. The van der Waals surface area contributed by atoms with Gasteiger partial charge in [0.2, 0.25) is 5.91 Å². The van der Waals surface area contributed by atoms with Gasteiger partial charge in [-0.25, -0.2) is 9.97 Å². The molecule has 3 aromatic rings. The van der Waals surface area contributed by atoms with Gasteiger partial charge in [0.1, 0.15) is 5.75 Å². The van der Waals surface area contributed by atoms with Gasteiger partial charge in [-0.2, -0.15) is 0 Å². The first kappa shape index (κ1) is 21.8. The summed E-state index contributed by atoms with van der Waals surface area (Å²) in [5.74, 6) is 1.83. The number of carbonyl (C=O) groups is 1. The first-order chi connectivity index (χ1) is 15.5.